The molecule has 1 fully saturated rings. The van der Waals surface area contributed by atoms with Crippen molar-refractivity contribution in [1.82, 2.24) is 15.9 Å². The van der Waals surface area contributed by atoms with Crippen molar-refractivity contribution >= 4 is 6.03 Å². The quantitative estimate of drug-likeness (QED) is 0.443. The van der Waals surface area contributed by atoms with Crippen molar-refractivity contribution in [3.05, 3.63) is 0 Å². The zero-order valence-electron chi connectivity index (χ0n) is 7.92. The SMILES string of the molecule is CN(NC(=O)NO)C1CCCCC1. The normalized spacial score (nSPS) is 18.7. The molecular weight excluding hydrogens is 170 g/mol. The van der Waals surface area contributed by atoms with Gasteiger partial charge in [0.2, 0.25) is 0 Å². The highest BCUT2D eigenvalue weighted by Gasteiger charge is 2.18. The number of urea groups is 1. The summed E-state index contributed by atoms with van der Waals surface area (Å²) in [5.41, 5.74) is 4.08. The molecule has 1 aliphatic rings. The summed E-state index contributed by atoms with van der Waals surface area (Å²) in [7, 11) is 1.82. The molecule has 13 heavy (non-hydrogen) atoms. The van der Waals surface area contributed by atoms with E-state index in [0.717, 1.165) is 12.8 Å². The largest absolute Gasteiger partial charge is 0.353 e. The number of amides is 2. The van der Waals surface area contributed by atoms with E-state index in [0.29, 0.717) is 6.04 Å². The molecule has 0 spiro atoms. The first kappa shape index (κ1) is 10.3. The Hall–Kier alpha value is -0.810. The summed E-state index contributed by atoms with van der Waals surface area (Å²) in [4.78, 5) is 10.8. The van der Waals surface area contributed by atoms with Crippen LogP contribution in [0.2, 0.25) is 0 Å². The van der Waals surface area contributed by atoms with Gasteiger partial charge in [0.1, 0.15) is 0 Å². The first-order chi connectivity index (χ1) is 6.24. The lowest BCUT2D eigenvalue weighted by Crippen LogP contribution is -2.49. The molecule has 0 bridgehead atoms. The van der Waals surface area contributed by atoms with Crippen molar-refractivity contribution < 1.29 is 10.0 Å². The van der Waals surface area contributed by atoms with Crippen LogP contribution in [0.1, 0.15) is 32.1 Å². The highest BCUT2D eigenvalue weighted by Crippen LogP contribution is 2.20. The molecule has 0 atom stereocenters. The number of hydrazine groups is 1. The molecule has 0 aromatic rings. The van der Waals surface area contributed by atoms with Crippen molar-refractivity contribution in [3.8, 4) is 0 Å². The maximum atomic E-state index is 10.8. The molecule has 0 aromatic heterocycles. The summed E-state index contributed by atoms with van der Waals surface area (Å²) >= 11 is 0. The minimum atomic E-state index is -0.576. The fourth-order valence-electron chi connectivity index (χ4n) is 1.74. The van der Waals surface area contributed by atoms with Crippen molar-refractivity contribution in [2.75, 3.05) is 7.05 Å². The zero-order valence-corrected chi connectivity index (χ0v) is 7.92. The van der Waals surface area contributed by atoms with Gasteiger partial charge in [0, 0.05) is 13.1 Å². The number of nitrogens with zero attached hydrogens (tertiary/aromatic N) is 1. The monoisotopic (exact) mass is 187 g/mol. The van der Waals surface area contributed by atoms with Crippen LogP contribution in [0.4, 0.5) is 4.79 Å². The molecule has 0 unspecified atom stereocenters. The Labute approximate surface area is 78.0 Å². The van der Waals surface area contributed by atoms with Gasteiger partial charge >= 0.3 is 6.03 Å². The van der Waals surface area contributed by atoms with Gasteiger partial charge in [0.05, 0.1) is 0 Å². The number of carbonyl (C=O) groups is 1. The average Bonchev–Trinajstić information content (AvgIpc) is 2.19. The van der Waals surface area contributed by atoms with Crippen LogP contribution in [0.5, 0.6) is 0 Å². The second-order valence-electron chi connectivity index (χ2n) is 3.46. The predicted octanol–water partition coefficient (Wildman–Crippen LogP) is 0.854. The van der Waals surface area contributed by atoms with Gasteiger partial charge in [0.15, 0.2) is 0 Å². The van der Waals surface area contributed by atoms with Gasteiger partial charge in [-0.25, -0.2) is 15.3 Å². The van der Waals surface area contributed by atoms with Crippen LogP contribution in [-0.2, 0) is 0 Å². The Morgan fingerprint density at radius 3 is 2.54 bits per heavy atom. The molecule has 0 aromatic carbocycles. The molecule has 5 nitrogen and oxygen atoms in total. The molecule has 1 saturated carbocycles. The lowest BCUT2D eigenvalue weighted by molar-refractivity contribution is 0.106. The van der Waals surface area contributed by atoms with Crippen molar-refractivity contribution in [2.45, 2.75) is 38.1 Å². The Morgan fingerprint density at radius 1 is 1.38 bits per heavy atom. The van der Waals surface area contributed by atoms with Crippen LogP contribution < -0.4 is 10.9 Å². The summed E-state index contributed by atoms with van der Waals surface area (Å²) in [5, 5.41) is 10.1. The van der Waals surface area contributed by atoms with E-state index < -0.39 is 6.03 Å². The number of hydroxylamine groups is 1. The standard InChI is InChI=1S/C8H17N3O2/c1-11(9-8(12)10-13)7-5-3-2-4-6-7/h7,13H,2-6H2,1H3,(H2,9,10,12). The third-order valence-electron chi connectivity index (χ3n) is 2.50. The molecule has 5 heteroatoms. The maximum absolute atomic E-state index is 10.8. The minimum Gasteiger partial charge on any atom is -0.287 e. The fraction of sp³-hybridized carbons (Fsp3) is 0.875. The van der Waals surface area contributed by atoms with E-state index in [4.69, 9.17) is 5.21 Å². The number of hydrogen-bond donors (Lipinski definition) is 3. The van der Waals surface area contributed by atoms with Crippen molar-refractivity contribution in [2.24, 2.45) is 0 Å². The number of hydrogen-bond acceptors (Lipinski definition) is 3. The highest BCUT2D eigenvalue weighted by atomic mass is 16.5. The number of carbonyl (C=O) groups excluding carboxylic acids is 1. The van der Waals surface area contributed by atoms with Crippen molar-refractivity contribution in [3.63, 3.8) is 0 Å². The molecule has 0 heterocycles. The van der Waals surface area contributed by atoms with Gasteiger partial charge in [-0.15, -0.1) is 0 Å². The predicted molar refractivity (Wildman–Crippen MR) is 48.1 cm³/mol. The molecule has 0 saturated heterocycles. The first-order valence-electron chi connectivity index (χ1n) is 4.67. The molecule has 3 N–H and O–H groups in total. The summed E-state index contributed by atoms with van der Waals surface area (Å²) in [5.74, 6) is 0. The van der Waals surface area contributed by atoms with E-state index in [1.54, 1.807) is 10.5 Å². The summed E-state index contributed by atoms with van der Waals surface area (Å²) in [6.45, 7) is 0. The van der Waals surface area contributed by atoms with Gasteiger partial charge in [-0.05, 0) is 12.8 Å². The molecule has 1 rings (SSSR count). The molecule has 76 valence electrons. The first-order valence-corrected chi connectivity index (χ1v) is 4.67. The summed E-state index contributed by atoms with van der Waals surface area (Å²) in [6, 6.07) is -0.167. The number of nitrogens with one attached hydrogen (secondary N) is 2. The van der Waals surface area contributed by atoms with Gasteiger partial charge in [-0.2, -0.15) is 0 Å². The molecule has 2 amide bonds. The molecular formula is C8H17N3O2. The second kappa shape index (κ2) is 5.04. The fourth-order valence-corrected chi connectivity index (χ4v) is 1.74. The van der Waals surface area contributed by atoms with Gasteiger partial charge < -0.3 is 0 Å². The topological polar surface area (TPSA) is 64.6 Å². The zero-order chi connectivity index (χ0) is 9.68. The van der Waals surface area contributed by atoms with Crippen LogP contribution >= 0.6 is 0 Å². The van der Waals surface area contributed by atoms with E-state index in [2.05, 4.69) is 5.43 Å². The van der Waals surface area contributed by atoms with E-state index >= 15 is 0 Å². The highest BCUT2D eigenvalue weighted by molar-refractivity contribution is 5.71. The Bertz CT molecular complexity index is 169. The van der Waals surface area contributed by atoms with Crippen LogP contribution in [-0.4, -0.2) is 29.3 Å². The van der Waals surface area contributed by atoms with Gasteiger partial charge in [0.25, 0.3) is 0 Å². The minimum absolute atomic E-state index is 0.408. The Kier molecular flexibility index (Phi) is 3.98. The lowest BCUT2D eigenvalue weighted by atomic mass is 9.95. The lowest BCUT2D eigenvalue weighted by Gasteiger charge is -2.30. The van der Waals surface area contributed by atoms with E-state index in [9.17, 15) is 4.79 Å². The third kappa shape index (κ3) is 3.20. The van der Waals surface area contributed by atoms with Gasteiger partial charge in [-0.1, -0.05) is 19.3 Å². The van der Waals surface area contributed by atoms with Crippen LogP contribution in [0, 0.1) is 0 Å². The smallest absolute Gasteiger partial charge is 0.287 e. The van der Waals surface area contributed by atoms with Crippen LogP contribution in [0.3, 0.4) is 0 Å². The van der Waals surface area contributed by atoms with Gasteiger partial charge in [-0.3, -0.25) is 10.6 Å². The third-order valence-corrected chi connectivity index (χ3v) is 2.50. The summed E-state index contributed by atoms with van der Waals surface area (Å²) in [6.07, 6.45) is 5.95. The number of rotatable bonds is 2. The van der Waals surface area contributed by atoms with E-state index in [1.807, 2.05) is 7.05 Å². The van der Waals surface area contributed by atoms with Crippen LogP contribution in [0.25, 0.3) is 0 Å². The van der Waals surface area contributed by atoms with E-state index in [1.165, 1.54) is 19.3 Å². The average molecular weight is 187 g/mol. The van der Waals surface area contributed by atoms with Crippen molar-refractivity contribution in [1.29, 1.82) is 0 Å². The van der Waals surface area contributed by atoms with Crippen LogP contribution in [0.15, 0.2) is 0 Å². The molecule has 0 radical (unpaired) electrons. The Morgan fingerprint density at radius 2 is 2.00 bits per heavy atom. The molecule has 1 aliphatic carbocycles. The molecule has 0 aliphatic heterocycles. The second-order valence-corrected chi connectivity index (χ2v) is 3.46. The Balaban J connectivity index is 2.28. The maximum Gasteiger partial charge on any atom is 0.353 e. The summed E-state index contributed by atoms with van der Waals surface area (Å²) < 4.78 is 0. The van der Waals surface area contributed by atoms with E-state index in [-0.39, 0.29) is 0 Å².